The zero-order chi connectivity index (χ0) is 17.3. The fourth-order valence-electron chi connectivity index (χ4n) is 2.43. The Morgan fingerprint density at radius 1 is 1.42 bits per heavy atom. The topological polar surface area (TPSA) is 56.1 Å². The van der Waals surface area contributed by atoms with Crippen LogP contribution in [0.1, 0.15) is 12.8 Å². The minimum absolute atomic E-state index is 0.0733. The molecule has 1 fully saturated rings. The third-order valence-corrected chi connectivity index (χ3v) is 6.31. The van der Waals surface area contributed by atoms with Gasteiger partial charge in [0.1, 0.15) is 6.73 Å². The van der Waals surface area contributed by atoms with Gasteiger partial charge in [0.05, 0.1) is 5.52 Å². The molecule has 5 nitrogen and oxygen atoms in total. The van der Waals surface area contributed by atoms with Crippen molar-refractivity contribution in [3.8, 4) is 0 Å². The van der Waals surface area contributed by atoms with E-state index in [2.05, 4.69) is 46.0 Å². The number of rotatable bonds is 7. The molecule has 24 heavy (non-hydrogen) atoms. The van der Waals surface area contributed by atoms with Gasteiger partial charge in [0.25, 0.3) is 0 Å². The maximum atomic E-state index is 12.1. The number of anilines is 1. The van der Waals surface area contributed by atoms with Crippen LogP contribution >= 0.6 is 15.9 Å². The molecule has 1 amide bonds. The van der Waals surface area contributed by atoms with Crippen LogP contribution in [0, 0.1) is 5.92 Å². The number of amides is 1. The van der Waals surface area contributed by atoms with Crippen molar-refractivity contribution >= 4 is 46.6 Å². The van der Waals surface area contributed by atoms with Crippen LogP contribution in [0.3, 0.4) is 0 Å². The van der Waals surface area contributed by atoms with Crippen LogP contribution in [-0.2, 0) is 16.3 Å². The number of nitrogens with zero attached hydrogens (tertiary/aromatic N) is 2. The zero-order valence-corrected chi connectivity index (χ0v) is 17.0. The van der Waals surface area contributed by atoms with Gasteiger partial charge in [-0.25, -0.2) is 4.68 Å². The molecule has 0 unspecified atom stereocenters. The molecule has 1 saturated carbocycles. The van der Waals surface area contributed by atoms with Gasteiger partial charge in [-0.15, -0.1) is 0 Å². The maximum Gasteiger partial charge on any atom is 0.228 e. The Kier molecular flexibility index (Phi) is 5.12. The molecular formula is C17H24BrN3O2Si. The number of aromatic nitrogens is 2. The van der Waals surface area contributed by atoms with E-state index in [9.17, 15) is 4.79 Å². The molecule has 0 bridgehead atoms. The maximum absolute atomic E-state index is 12.1. The molecule has 1 aliphatic carbocycles. The summed E-state index contributed by atoms with van der Waals surface area (Å²) in [6.07, 6.45) is 1.96. The first-order valence-corrected chi connectivity index (χ1v) is 12.9. The van der Waals surface area contributed by atoms with Crippen LogP contribution in [-0.4, -0.2) is 30.4 Å². The number of hydrogen-bond donors (Lipinski definition) is 1. The molecule has 0 radical (unpaired) electrons. The van der Waals surface area contributed by atoms with Crippen molar-refractivity contribution in [2.45, 2.75) is 45.3 Å². The van der Waals surface area contributed by atoms with E-state index in [-0.39, 0.29) is 11.8 Å². The average Bonchev–Trinajstić information content (AvgIpc) is 3.28. The predicted octanol–water partition coefficient (Wildman–Crippen LogP) is 4.46. The van der Waals surface area contributed by atoms with E-state index in [1.54, 1.807) is 0 Å². The Morgan fingerprint density at radius 2 is 2.17 bits per heavy atom. The Balaban J connectivity index is 1.76. The van der Waals surface area contributed by atoms with E-state index in [0.29, 0.717) is 12.5 Å². The Hall–Kier alpha value is -1.18. The molecule has 2 aromatic rings. The first-order chi connectivity index (χ1) is 11.3. The third-order valence-electron chi connectivity index (χ3n) is 4.11. The molecule has 0 saturated heterocycles. The molecular weight excluding hydrogens is 386 g/mol. The summed E-state index contributed by atoms with van der Waals surface area (Å²) in [5.74, 6) is 0.862. The van der Waals surface area contributed by atoms with E-state index in [4.69, 9.17) is 4.74 Å². The van der Waals surface area contributed by atoms with Gasteiger partial charge < -0.3 is 10.1 Å². The van der Waals surface area contributed by atoms with Gasteiger partial charge in [0, 0.05) is 30.5 Å². The Labute approximate surface area is 151 Å². The average molecular weight is 410 g/mol. The van der Waals surface area contributed by atoms with E-state index >= 15 is 0 Å². The fraction of sp³-hybridized carbons (Fsp3) is 0.529. The lowest BCUT2D eigenvalue weighted by molar-refractivity contribution is -0.117. The summed E-state index contributed by atoms with van der Waals surface area (Å²) in [5, 5.41) is 8.48. The lowest BCUT2D eigenvalue weighted by Crippen LogP contribution is -2.22. The van der Waals surface area contributed by atoms with Crippen molar-refractivity contribution in [1.29, 1.82) is 0 Å². The highest BCUT2D eigenvalue weighted by Crippen LogP contribution is 2.32. The van der Waals surface area contributed by atoms with Crippen LogP contribution in [0.25, 0.3) is 10.9 Å². The van der Waals surface area contributed by atoms with Crippen LogP contribution in [0.15, 0.2) is 22.7 Å². The Morgan fingerprint density at radius 3 is 2.83 bits per heavy atom. The van der Waals surface area contributed by atoms with E-state index < -0.39 is 8.07 Å². The van der Waals surface area contributed by atoms with Gasteiger partial charge >= 0.3 is 0 Å². The number of carbonyl (C=O) groups is 1. The van der Waals surface area contributed by atoms with Gasteiger partial charge in [-0.3, -0.25) is 4.79 Å². The highest BCUT2D eigenvalue weighted by molar-refractivity contribution is 9.10. The quantitative estimate of drug-likeness (QED) is 0.542. The van der Waals surface area contributed by atoms with Crippen molar-refractivity contribution in [3.63, 3.8) is 0 Å². The first kappa shape index (κ1) is 17.6. The molecule has 0 aliphatic heterocycles. The molecule has 1 aromatic carbocycles. The summed E-state index contributed by atoms with van der Waals surface area (Å²) in [7, 11) is -1.10. The van der Waals surface area contributed by atoms with Crippen molar-refractivity contribution < 1.29 is 9.53 Å². The van der Waals surface area contributed by atoms with E-state index in [1.165, 1.54) is 0 Å². The largest absolute Gasteiger partial charge is 0.360 e. The van der Waals surface area contributed by atoms with E-state index in [0.717, 1.165) is 40.9 Å². The first-order valence-electron chi connectivity index (χ1n) is 8.38. The number of halogens is 1. The second-order valence-corrected chi connectivity index (χ2v) is 14.2. The van der Waals surface area contributed by atoms with Gasteiger partial charge in [0.15, 0.2) is 5.82 Å². The van der Waals surface area contributed by atoms with Gasteiger partial charge in [-0.1, -0.05) is 35.6 Å². The number of benzene rings is 1. The fourth-order valence-corrected chi connectivity index (χ4v) is 3.54. The summed E-state index contributed by atoms with van der Waals surface area (Å²) < 4.78 is 8.64. The van der Waals surface area contributed by atoms with Crippen molar-refractivity contribution in [2.75, 3.05) is 11.9 Å². The Bertz CT molecular complexity index is 750. The summed E-state index contributed by atoms with van der Waals surface area (Å²) in [6.45, 7) is 8.15. The second kappa shape index (κ2) is 6.97. The smallest absolute Gasteiger partial charge is 0.228 e. The molecule has 1 aliphatic rings. The van der Waals surface area contributed by atoms with Crippen LogP contribution in [0.2, 0.25) is 25.7 Å². The van der Waals surface area contributed by atoms with Crippen LogP contribution in [0.4, 0.5) is 5.82 Å². The highest BCUT2D eigenvalue weighted by Gasteiger charge is 2.30. The molecule has 7 heteroatoms. The molecule has 3 rings (SSSR count). The van der Waals surface area contributed by atoms with Crippen LogP contribution < -0.4 is 5.32 Å². The summed E-state index contributed by atoms with van der Waals surface area (Å²) in [5.41, 5.74) is 0.962. The number of nitrogens with one attached hydrogen (secondary N) is 1. The second-order valence-electron chi connectivity index (χ2n) is 7.62. The molecule has 0 atom stereocenters. The number of fused-ring (bicyclic) bond motifs is 1. The summed E-state index contributed by atoms with van der Waals surface area (Å²) in [4.78, 5) is 12.1. The minimum atomic E-state index is -1.10. The van der Waals surface area contributed by atoms with Gasteiger partial charge in [0.2, 0.25) is 5.91 Å². The zero-order valence-electron chi connectivity index (χ0n) is 14.4. The monoisotopic (exact) mass is 409 g/mol. The summed E-state index contributed by atoms with van der Waals surface area (Å²) >= 11 is 3.50. The molecule has 1 heterocycles. The van der Waals surface area contributed by atoms with Crippen molar-refractivity contribution in [3.05, 3.63) is 22.7 Å². The molecule has 1 aromatic heterocycles. The number of carbonyl (C=O) groups excluding carboxylic acids is 1. The molecule has 1 N–H and O–H groups in total. The van der Waals surface area contributed by atoms with Crippen molar-refractivity contribution in [2.24, 2.45) is 5.92 Å². The normalized spacial score (nSPS) is 15.0. The lowest BCUT2D eigenvalue weighted by atomic mass is 10.2. The molecule has 0 spiro atoms. The van der Waals surface area contributed by atoms with Gasteiger partial charge in [-0.2, -0.15) is 5.10 Å². The third kappa shape index (κ3) is 4.46. The van der Waals surface area contributed by atoms with Gasteiger partial charge in [-0.05, 0) is 37.1 Å². The van der Waals surface area contributed by atoms with Crippen molar-refractivity contribution in [1.82, 2.24) is 9.78 Å². The number of ether oxygens (including phenoxy) is 1. The minimum Gasteiger partial charge on any atom is -0.360 e. The SMILES string of the molecule is C[Si](C)(C)CCOCn1nc(NC(=O)C2CC2)c2ccc(Br)cc21. The standard InChI is InChI=1S/C17H24BrN3O2Si/c1-24(2,3)9-8-23-11-21-15-10-13(18)6-7-14(15)16(20-21)19-17(22)12-4-5-12/h6-7,10,12H,4-5,8-9,11H2,1-3H3,(H,19,20,22). The molecule has 130 valence electrons. The predicted molar refractivity (Wildman–Crippen MR) is 103 cm³/mol. The van der Waals surface area contributed by atoms with E-state index in [1.807, 2.05) is 22.9 Å². The number of hydrogen-bond acceptors (Lipinski definition) is 3. The summed E-state index contributed by atoms with van der Waals surface area (Å²) in [6, 6.07) is 7.08. The lowest BCUT2D eigenvalue weighted by Gasteiger charge is -2.15. The highest BCUT2D eigenvalue weighted by atomic mass is 79.9. The van der Waals surface area contributed by atoms with Crippen LogP contribution in [0.5, 0.6) is 0 Å².